The van der Waals surface area contributed by atoms with Crippen LogP contribution in [0.4, 0.5) is 5.69 Å². The molecule has 39 heavy (non-hydrogen) atoms. The Labute approximate surface area is 237 Å². The Kier molecular flexibility index (Phi) is 15.2. The second-order valence-electron chi connectivity index (χ2n) is 11.2. The van der Waals surface area contributed by atoms with E-state index in [9.17, 15) is 5.11 Å². The summed E-state index contributed by atoms with van der Waals surface area (Å²) >= 11 is 0. The number of nitrogens with zero attached hydrogens (tertiary/aromatic N) is 2. The Morgan fingerprint density at radius 2 is 1.28 bits per heavy atom. The molecule has 218 valence electrons. The summed E-state index contributed by atoms with van der Waals surface area (Å²) in [6.07, 6.45) is 11.3. The van der Waals surface area contributed by atoms with Gasteiger partial charge in [0.25, 0.3) is 0 Å². The zero-order chi connectivity index (χ0) is 27.5. The van der Waals surface area contributed by atoms with E-state index in [-0.39, 0.29) is 6.61 Å². The fraction of sp³-hybridized carbons (Fsp3) is 0.636. The summed E-state index contributed by atoms with van der Waals surface area (Å²) in [6.45, 7) is 11.7. The number of para-hydroxylation sites is 1. The summed E-state index contributed by atoms with van der Waals surface area (Å²) < 4.78 is 11.5. The van der Waals surface area contributed by atoms with Gasteiger partial charge < -0.3 is 24.8 Å². The van der Waals surface area contributed by atoms with E-state index in [1.165, 1.54) is 76.7 Å². The van der Waals surface area contributed by atoms with E-state index in [4.69, 9.17) is 9.47 Å². The molecule has 1 unspecified atom stereocenters. The first kappa shape index (κ1) is 31.3. The van der Waals surface area contributed by atoms with Crippen LogP contribution >= 0.6 is 0 Å². The van der Waals surface area contributed by atoms with Crippen LogP contribution in [0, 0.1) is 0 Å². The molecule has 0 aromatic heterocycles. The molecule has 1 atom stereocenters. The van der Waals surface area contributed by atoms with Crippen molar-refractivity contribution in [3.63, 3.8) is 0 Å². The maximum Gasteiger partial charge on any atom is 0.119 e. The fourth-order valence-electron chi connectivity index (χ4n) is 4.99. The van der Waals surface area contributed by atoms with Crippen molar-refractivity contribution >= 4 is 5.69 Å². The van der Waals surface area contributed by atoms with Crippen LogP contribution in [0.5, 0.6) is 11.5 Å². The van der Waals surface area contributed by atoms with Crippen LogP contribution in [-0.2, 0) is 0 Å². The average Bonchev–Trinajstić information content (AvgIpc) is 2.97. The minimum Gasteiger partial charge on any atom is -0.494 e. The van der Waals surface area contributed by atoms with Crippen LogP contribution in [-0.4, -0.2) is 74.6 Å². The normalized spacial score (nSPS) is 15.0. The summed E-state index contributed by atoms with van der Waals surface area (Å²) in [7, 11) is 0. The van der Waals surface area contributed by atoms with Gasteiger partial charge in [0.05, 0.1) is 6.61 Å². The third kappa shape index (κ3) is 13.6. The molecule has 3 rings (SSSR count). The molecule has 0 saturated carbocycles. The smallest absolute Gasteiger partial charge is 0.119 e. The molecule has 2 aromatic carbocycles. The lowest BCUT2D eigenvalue weighted by atomic mass is 10.1. The summed E-state index contributed by atoms with van der Waals surface area (Å²) in [6, 6.07) is 18.9. The Morgan fingerprint density at radius 3 is 1.90 bits per heavy atom. The van der Waals surface area contributed by atoms with Crippen LogP contribution < -0.4 is 19.7 Å². The highest BCUT2D eigenvalue weighted by Crippen LogP contribution is 2.19. The highest BCUT2D eigenvalue weighted by molar-refractivity contribution is 5.46. The van der Waals surface area contributed by atoms with E-state index < -0.39 is 6.10 Å². The molecule has 1 aliphatic rings. The third-order valence-corrected chi connectivity index (χ3v) is 7.41. The second-order valence-corrected chi connectivity index (χ2v) is 11.2. The maximum absolute atomic E-state index is 9.95. The standard InChI is InChI=1S/C33H53N3O3/c1-29(2)34-27-31(37)28-39-33-19-17-32(18-20-33)38-26-14-9-7-5-3-4-6-8-13-21-35-22-24-36(25-23-35)30-15-11-10-12-16-30/h10-12,15-20,29,31,34,37H,3-9,13-14,21-28H2,1-2H3. The van der Waals surface area contributed by atoms with Crippen LogP contribution in [0.25, 0.3) is 0 Å². The lowest BCUT2D eigenvalue weighted by molar-refractivity contribution is 0.104. The summed E-state index contributed by atoms with van der Waals surface area (Å²) in [5.41, 5.74) is 1.37. The van der Waals surface area contributed by atoms with Crippen LogP contribution in [0.15, 0.2) is 54.6 Å². The topological polar surface area (TPSA) is 57.2 Å². The predicted molar refractivity (Wildman–Crippen MR) is 163 cm³/mol. The zero-order valence-electron chi connectivity index (χ0n) is 24.5. The summed E-state index contributed by atoms with van der Waals surface area (Å²) in [4.78, 5) is 5.15. The number of unbranched alkanes of at least 4 members (excludes halogenated alkanes) is 8. The number of anilines is 1. The van der Waals surface area contributed by atoms with Crippen molar-refractivity contribution in [2.75, 3.05) is 57.4 Å². The van der Waals surface area contributed by atoms with Gasteiger partial charge in [-0.05, 0) is 55.8 Å². The van der Waals surface area contributed by atoms with Crippen molar-refractivity contribution in [2.24, 2.45) is 0 Å². The number of aliphatic hydroxyl groups is 1. The van der Waals surface area contributed by atoms with Gasteiger partial charge in [0.2, 0.25) is 0 Å². The highest BCUT2D eigenvalue weighted by atomic mass is 16.5. The second kappa shape index (κ2) is 18.9. The lowest BCUT2D eigenvalue weighted by Gasteiger charge is -2.36. The number of ether oxygens (including phenoxy) is 2. The molecule has 0 radical (unpaired) electrons. The number of hydrogen-bond donors (Lipinski definition) is 2. The van der Waals surface area contributed by atoms with Gasteiger partial charge >= 0.3 is 0 Å². The molecule has 1 aliphatic heterocycles. The van der Waals surface area contributed by atoms with Gasteiger partial charge in [0.1, 0.15) is 24.2 Å². The number of benzene rings is 2. The van der Waals surface area contributed by atoms with Crippen molar-refractivity contribution in [1.82, 2.24) is 10.2 Å². The molecule has 1 saturated heterocycles. The van der Waals surface area contributed by atoms with E-state index in [0.29, 0.717) is 12.6 Å². The monoisotopic (exact) mass is 539 g/mol. The molecule has 0 spiro atoms. The minimum atomic E-state index is -0.513. The van der Waals surface area contributed by atoms with Crippen molar-refractivity contribution < 1.29 is 14.6 Å². The Hall–Kier alpha value is -2.28. The quantitative estimate of drug-likeness (QED) is 0.197. The van der Waals surface area contributed by atoms with Gasteiger partial charge in [-0.1, -0.05) is 77.0 Å². The Morgan fingerprint density at radius 1 is 0.718 bits per heavy atom. The fourth-order valence-corrected chi connectivity index (χ4v) is 4.99. The van der Waals surface area contributed by atoms with E-state index in [0.717, 1.165) is 37.6 Å². The van der Waals surface area contributed by atoms with E-state index in [2.05, 4.69) is 59.3 Å². The van der Waals surface area contributed by atoms with Crippen LogP contribution in [0.3, 0.4) is 0 Å². The first-order chi connectivity index (χ1) is 19.1. The number of piperazine rings is 1. The van der Waals surface area contributed by atoms with E-state index in [1.54, 1.807) is 0 Å². The van der Waals surface area contributed by atoms with Gasteiger partial charge in [0, 0.05) is 44.5 Å². The van der Waals surface area contributed by atoms with Crippen LogP contribution in [0.2, 0.25) is 0 Å². The number of hydrogen-bond acceptors (Lipinski definition) is 6. The summed E-state index contributed by atoms with van der Waals surface area (Å²) in [5, 5.41) is 13.2. The molecule has 2 aromatic rings. The minimum absolute atomic E-state index is 0.285. The Bertz CT molecular complexity index is 854. The molecule has 0 amide bonds. The van der Waals surface area contributed by atoms with Crippen LogP contribution in [0.1, 0.15) is 71.6 Å². The van der Waals surface area contributed by atoms with Crippen molar-refractivity contribution in [3.05, 3.63) is 54.6 Å². The molecule has 0 bridgehead atoms. The van der Waals surface area contributed by atoms with E-state index >= 15 is 0 Å². The van der Waals surface area contributed by atoms with Gasteiger partial charge in [-0.3, -0.25) is 4.90 Å². The SMILES string of the molecule is CC(C)NCC(O)COc1ccc(OCCCCCCCCCCCN2CCN(c3ccccc3)CC2)cc1. The maximum atomic E-state index is 9.95. The first-order valence-electron chi connectivity index (χ1n) is 15.4. The molecular weight excluding hydrogens is 486 g/mol. The molecule has 2 N–H and O–H groups in total. The average molecular weight is 540 g/mol. The number of aliphatic hydroxyl groups excluding tert-OH is 1. The largest absolute Gasteiger partial charge is 0.494 e. The molecule has 1 fully saturated rings. The molecular formula is C33H53N3O3. The Balaban J connectivity index is 1.08. The molecule has 0 aliphatic carbocycles. The highest BCUT2D eigenvalue weighted by Gasteiger charge is 2.16. The van der Waals surface area contributed by atoms with Gasteiger partial charge in [0.15, 0.2) is 0 Å². The predicted octanol–water partition coefficient (Wildman–Crippen LogP) is 6.14. The first-order valence-corrected chi connectivity index (χ1v) is 15.4. The molecule has 6 nitrogen and oxygen atoms in total. The number of nitrogens with one attached hydrogen (secondary N) is 1. The van der Waals surface area contributed by atoms with Gasteiger partial charge in [-0.15, -0.1) is 0 Å². The summed E-state index contributed by atoms with van der Waals surface area (Å²) in [5.74, 6) is 1.63. The molecule has 6 heteroatoms. The van der Waals surface area contributed by atoms with Crippen molar-refractivity contribution in [2.45, 2.75) is 83.8 Å². The molecule has 1 heterocycles. The van der Waals surface area contributed by atoms with Crippen molar-refractivity contribution in [1.29, 1.82) is 0 Å². The number of rotatable bonds is 20. The zero-order valence-corrected chi connectivity index (χ0v) is 24.5. The third-order valence-electron chi connectivity index (χ3n) is 7.41. The van der Waals surface area contributed by atoms with E-state index in [1.807, 2.05) is 24.3 Å². The van der Waals surface area contributed by atoms with Crippen molar-refractivity contribution in [3.8, 4) is 11.5 Å². The lowest BCUT2D eigenvalue weighted by Crippen LogP contribution is -2.46. The van der Waals surface area contributed by atoms with Gasteiger partial charge in [-0.25, -0.2) is 0 Å². The van der Waals surface area contributed by atoms with Gasteiger partial charge in [-0.2, -0.15) is 0 Å².